The van der Waals surface area contributed by atoms with Gasteiger partial charge in [0.15, 0.2) is 0 Å². The molecule has 0 bridgehead atoms. The Morgan fingerprint density at radius 2 is 1.95 bits per heavy atom. The quantitative estimate of drug-likeness (QED) is 0.848. The molecule has 1 saturated carbocycles. The summed E-state index contributed by atoms with van der Waals surface area (Å²) in [6.45, 7) is 5.71. The monoisotopic (exact) mass is 273 g/mol. The summed E-state index contributed by atoms with van der Waals surface area (Å²) in [5.41, 5.74) is 2.51. The topological polar surface area (TPSA) is 23.5 Å². The molecule has 110 valence electrons. The van der Waals surface area contributed by atoms with Crippen molar-refractivity contribution in [2.75, 3.05) is 6.54 Å². The molecule has 1 fully saturated rings. The Kier molecular flexibility index (Phi) is 4.13. The molecule has 0 radical (unpaired) electrons. The van der Waals surface area contributed by atoms with Crippen molar-refractivity contribution in [1.82, 2.24) is 4.90 Å². The van der Waals surface area contributed by atoms with E-state index in [0.717, 1.165) is 24.3 Å². The molecule has 2 aliphatic carbocycles. The molecular formula is C18H27NO. The van der Waals surface area contributed by atoms with E-state index >= 15 is 0 Å². The van der Waals surface area contributed by atoms with Crippen LogP contribution in [0.4, 0.5) is 0 Å². The van der Waals surface area contributed by atoms with Crippen LogP contribution in [0.15, 0.2) is 24.3 Å². The van der Waals surface area contributed by atoms with E-state index in [0.29, 0.717) is 12.1 Å². The Morgan fingerprint density at radius 1 is 1.20 bits per heavy atom. The first-order valence-corrected chi connectivity index (χ1v) is 8.18. The van der Waals surface area contributed by atoms with Crippen LogP contribution in [0.25, 0.3) is 0 Å². The summed E-state index contributed by atoms with van der Waals surface area (Å²) in [7, 11) is 0. The highest BCUT2D eigenvalue weighted by Gasteiger charge is 2.35. The number of aliphatic hydroxyl groups excluding tert-OH is 1. The SMILES string of the molecule is CC(C)N(CC1CC1)C1CCCc2ccccc2C1O. The van der Waals surface area contributed by atoms with Crippen molar-refractivity contribution in [3.05, 3.63) is 35.4 Å². The maximum absolute atomic E-state index is 10.9. The van der Waals surface area contributed by atoms with E-state index in [9.17, 15) is 5.11 Å². The number of hydrogen-bond acceptors (Lipinski definition) is 2. The molecule has 1 aromatic rings. The zero-order valence-electron chi connectivity index (χ0n) is 12.8. The summed E-state index contributed by atoms with van der Waals surface area (Å²) in [6, 6.07) is 9.26. The van der Waals surface area contributed by atoms with Crippen LogP contribution in [0.1, 0.15) is 56.8 Å². The number of nitrogens with zero attached hydrogens (tertiary/aromatic N) is 1. The fourth-order valence-electron chi connectivity index (χ4n) is 3.59. The van der Waals surface area contributed by atoms with E-state index in [1.807, 2.05) is 0 Å². The Hall–Kier alpha value is -0.860. The minimum Gasteiger partial charge on any atom is -0.387 e. The van der Waals surface area contributed by atoms with Crippen molar-refractivity contribution < 1.29 is 5.11 Å². The second-order valence-corrected chi connectivity index (χ2v) is 6.84. The maximum Gasteiger partial charge on any atom is 0.0947 e. The Labute approximate surface area is 122 Å². The lowest BCUT2D eigenvalue weighted by Crippen LogP contribution is -2.44. The minimum absolute atomic E-state index is 0.291. The van der Waals surface area contributed by atoms with Gasteiger partial charge in [-0.15, -0.1) is 0 Å². The van der Waals surface area contributed by atoms with Gasteiger partial charge in [-0.2, -0.15) is 0 Å². The van der Waals surface area contributed by atoms with Crippen molar-refractivity contribution in [2.24, 2.45) is 5.92 Å². The third kappa shape index (κ3) is 2.91. The third-order valence-electron chi connectivity index (χ3n) is 4.94. The van der Waals surface area contributed by atoms with Crippen molar-refractivity contribution >= 4 is 0 Å². The van der Waals surface area contributed by atoms with Gasteiger partial charge >= 0.3 is 0 Å². The van der Waals surface area contributed by atoms with Crippen LogP contribution >= 0.6 is 0 Å². The van der Waals surface area contributed by atoms with Gasteiger partial charge in [0.25, 0.3) is 0 Å². The van der Waals surface area contributed by atoms with Crippen molar-refractivity contribution in [1.29, 1.82) is 0 Å². The lowest BCUT2D eigenvalue weighted by atomic mass is 9.96. The molecule has 0 aromatic heterocycles. The molecule has 0 amide bonds. The molecule has 2 atom stereocenters. The van der Waals surface area contributed by atoms with Crippen LogP contribution in [0.3, 0.4) is 0 Å². The van der Waals surface area contributed by atoms with Crippen LogP contribution in [0, 0.1) is 5.92 Å². The molecule has 2 unspecified atom stereocenters. The average molecular weight is 273 g/mol. The van der Waals surface area contributed by atoms with E-state index in [2.05, 4.69) is 43.0 Å². The number of fused-ring (bicyclic) bond motifs is 1. The summed E-state index contributed by atoms with van der Waals surface area (Å²) < 4.78 is 0. The minimum atomic E-state index is -0.324. The van der Waals surface area contributed by atoms with Gasteiger partial charge in [0.05, 0.1) is 6.10 Å². The van der Waals surface area contributed by atoms with Gasteiger partial charge in [0, 0.05) is 18.6 Å². The summed E-state index contributed by atoms with van der Waals surface area (Å²) in [5.74, 6) is 0.878. The molecule has 2 heteroatoms. The van der Waals surface area contributed by atoms with Gasteiger partial charge in [-0.1, -0.05) is 24.3 Å². The van der Waals surface area contributed by atoms with E-state index in [1.54, 1.807) is 0 Å². The number of aryl methyl sites for hydroxylation is 1. The van der Waals surface area contributed by atoms with E-state index in [1.165, 1.54) is 31.4 Å². The second kappa shape index (κ2) is 5.87. The molecule has 2 nitrogen and oxygen atoms in total. The first kappa shape index (κ1) is 14.1. The van der Waals surface area contributed by atoms with E-state index < -0.39 is 0 Å². The predicted octanol–water partition coefficient (Wildman–Crippen LogP) is 3.55. The number of hydrogen-bond donors (Lipinski definition) is 1. The smallest absolute Gasteiger partial charge is 0.0947 e. The number of benzene rings is 1. The zero-order chi connectivity index (χ0) is 14.1. The number of rotatable bonds is 4. The zero-order valence-corrected chi connectivity index (χ0v) is 12.8. The van der Waals surface area contributed by atoms with Gasteiger partial charge in [-0.25, -0.2) is 0 Å². The fraction of sp³-hybridized carbons (Fsp3) is 0.667. The molecule has 0 saturated heterocycles. The standard InChI is InChI=1S/C18H27NO/c1-13(2)19(12-14-10-11-14)17-9-5-7-15-6-3-4-8-16(15)18(17)20/h3-4,6,8,13-14,17-18,20H,5,7,9-12H2,1-2H3. The summed E-state index contributed by atoms with van der Waals surface area (Å²) in [5, 5.41) is 10.9. The largest absolute Gasteiger partial charge is 0.387 e. The molecule has 3 rings (SSSR count). The maximum atomic E-state index is 10.9. The Bertz CT molecular complexity index is 452. The molecule has 0 aliphatic heterocycles. The van der Waals surface area contributed by atoms with Gasteiger partial charge < -0.3 is 5.11 Å². The van der Waals surface area contributed by atoms with Crippen molar-refractivity contribution in [2.45, 2.75) is 64.1 Å². The van der Waals surface area contributed by atoms with Crippen molar-refractivity contribution in [3.8, 4) is 0 Å². The Balaban J connectivity index is 1.84. The van der Waals surface area contributed by atoms with Gasteiger partial charge in [0.2, 0.25) is 0 Å². The lowest BCUT2D eigenvalue weighted by molar-refractivity contribution is 0.0243. The lowest BCUT2D eigenvalue weighted by Gasteiger charge is -2.37. The van der Waals surface area contributed by atoms with Gasteiger partial charge in [-0.3, -0.25) is 4.90 Å². The fourth-order valence-corrected chi connectivity index (χ4v) is 3.59. The summed E-state index contributed by atoms with van der Waals surface area (Å²) >= 11 is 0. The first-order valence-electron chi connectivity index (χ1n) is 8.18. The number of aliphatic hydroxyl groups is 1. The van der Waals surface area contributed by atoms with Crippen LogP contribution < -0.4 is 0 Å². The van der Waals surface area contributed by atoms with Crippen LogP contribution in [0.2, 0.25) is 0 Å². The summed E-state index contributed by atoms with van der Waals surface area (Å²) in [4.78, 5) is 2.56. The van der Waals surface area contributed by atoms with Crippen LogP contribution in [-0.2, 0) is 6.42 Å². The third-order valence-corrected chi connectivity index (χ3v) is 4.94. The predicted molar refractivity (Wildman–Crippen MR) is 82.7 cm³/mol. The normalized spacial score (nSPS) is 26.6. The molecule has 20 heavy (non-hydrogen) atoms. The van der Waals surface area contributed by atoms with Crippen molar-refractivity contribution in [3.63, 3.8) is 0 Å². The second-order valence-electron chi connectivity index (χ2n) is 6.84. The highest BCUT2D eigenvalue weighted by molar-refractivity contribution is 5.31. The highest BCUT2D eigenvalue weighted by atomic mass is 16.3. The van der Waals surface area contributed by atoms with Crippen LogP contribution in [0.5, 0.6) is 0 Å². The first-order chi connectivity index (χ1) is 9.66. The molecular weight excluding hydrogens is 246 g/mol. The average Bonchev–Trinajstić information content (AvgIpc) is 3.25. The molecule has 1 N–H and O–H groups in total. The molecule has 2 aliphatic rings. The summed E-state index contributed by atoms with van der Waals surface area (Å²) in [6.07, 6.45) is 5.84. The Morgan fingerprint density at radius 3 is 2.65 bits per heavy atom. The van der Waals surface area contributed by atoms with E-state index in [-0.39, 0.29) is 6.10 Å². The molecule has 0 spiro atoms. The molecule has 1 aromatic carbocycles. The van der Waals surface area contributed by atoms with E-state index in [4.69, 9.17) is 0 Å². The van der Waals surface area contributed by atoms with Crippen LogP contribution in [-0.4, -0.2) is 28.6 Å². The van der Waals surface area contributed by atoms with Gasteiger partial charge in [-0.05, 0) is 63.0 Å². The highest BCUT2D eigenvalue weighted by Crippen LogP contribution is 2.36. The molecule has 0 heterocycles. The van der Waals surface area contributed by atoms with Gasteiger partial charge in [0.1, 0.15) is 0 Å².